The van der Waals surface area contributed by atoms with Gasteiger partial charge in [0.1, 0.15) is 0 Å². The number of hydrogen-bond acceptors (Lipinski definition) is 3. The van der Waals surface area contributed by atoms with Crippen LogP contribution in [0.15, 0.2) is 52.1 Å². The topological polar surface area (TPSA) is 28.5 Å². The van der Waals surface area contributed by atoms with E-state index in [1.165, 1.54) is 5.69 Å². The van der Waals surface area contributed by atoms with Gasteiger partial charge in [-0.2, -0.15) is 0 Å². The maximum absolute atomic E-state index is 4.88. The molecule has 0 saturated carbocycles. The summed E-state index contributed by atoms with van der Waals surface area (Å²) in [5.41, 5.74) is 4.28. The Hall–Kier alpha value is -1.68. The summed E-state index contributed by atoms with van der Waals surface area (Å²) in [7, 11) is 0. The first kappa shape index (κ1) is 15.2. The van der Waals surface area contributed by atoms with Crippen LogP contribution in [-0.4, -0.2) is 29.3 Å². The van der Waals surface area contributed by atoms with Crippen molar-refractivity contribution in [3.05, 3.63) is 58.3 Å². The van der Waals surface area contributed by atoms with E-state index in [1.807, 2.05) is 24.4 Å². The maximum atomic E-state index is 4.88. The van der Waals surface area contributed by atoms with Crippen molar-refractivity contribution in [3.63, 3.8) is 0 Å². The lowest BCUT2D eigenvalue weighted by molar-refractivity contribution is 0.585. The van der Waals surface area contributed by atoms with Gasteiger partial charge in [-0.15, -0.1) is 0 Å². The number of fused-ring (bicyclic) bond motifs is 1. The molecule has 0 N–H and O–H groups in total. The molecule has 1 aromatic heterocycles. The van der Waals surface area contributed by atoms with Crippen LogP contribution in [0, 0.1) is 0 Å². The summed E-state index contributed by atoms with van der Waals surface area (Å²) in [6.45, 7) is 7.47. The minimum Gasteiger partial charge on any atom is -0.364 e. The van der Waals surface area contributed by atoms with Crippen LogP contribution in [0.1, 0.15) is 32.0 Å². The van der Waals surface area contributed by atoms with Gasteiger partial charge in [0.05, 0.1) is 18.0 Å². The number of benzodiazepines with no additional fused rings is 1. The molecule has 3 nitrogen and oxygen atoms in total. The van der Waals surface area contributed by atoms with Gasteiger partial charge in [-0.25, -0.2) is 0 Å². The number of benzene rings is 1. The van der Waals surface area contributed by atoms with E-state index in [2.05, 4.69) is 64.8 Å². The molecular formula is C18H20BrN3. The Morgan fingerprint density at radius 3 is 2.73 bits per heavy atom. The minimum absolute atomic E-state index is 0.362. The van der Waals surface area contributed by atoms with Crippen molar-refractivity contribution in [2.45, 2.75) is 32.9 Å². The molecule has 0 amide bonds. The molecule has 114 valence electrons. The van der Waals surface area contributed by atoms with E-state index in [4.69, 9.17) is 4.99 Å². The van der Waals surface area contributed by atoms with Gasteiger partial charge < -0.3 is 4.90 Å². The Bertz CT molecular complexity index is 695. The van der Waals surface area contributed by atoms with Crippen molar-refractivity contribution in [2.24, 2.45) is 4.99 Å². The number of anilines is 1. The Kier molecular flexibility index (Phi) is 4.30. The average Bonchev–Trinajstić information content (AvgIpc) is 2.64. The second-order valence-electron chi connectivity index (χ2n) is 5.92. The van der Waals surface area contributed by atoms with Gasteiger partial charge in [0, 0.05) is 34.0 Å². The molecule has 1 unspecified atom stereocenters. The third-order valence-electron chi connectivity index (χ3n) is 3.94. The molecule has 22 heavy (non-hydrogen) atoms. The number of rotatable bonds is 2. The summed E-state index contributed by atoms with van der Waals surface area (Å²) >= 11 is 3.59. The molecular weight excluding hydrogens is 338 g/mol. The summed E-state index contributed by atoms with van der Waals surface area (Å²) in [5.74, 6) is 0. The predicted molar refractivity (Wildman–Crippen MR) is 96.0 cm³/mol. The van der Waals surface area contributed by atoms with Gasteiger partial charge in [0.25, 0.3) is 0 Å². The molecule has 2 heterocycles. The molecule has 2 aromatic rings. The Labute approximate surface area is 140 Å². The number of nitrogens with zero attached hydrogens (tertiary/aromatic N) is 3. The summed E-state index contributed by atoms with van der Waals surface area (Å²) < 4.78 is 1.06. The quantitative estimate of drug-likeness (QED) is 0.801. The molecule has 3 rings (SSSR count). The van der Waals surface area contributed by atoms with E-state index in [-0.39, 0.29) is 0 Å². The van der Waals surface area contributed by atoms with E-state index in [1.54, 1.807) is 0 Å². The van der Waals surface area contributed by atoms with E-state index in [0.29, 0.717) is 12.1 Å². The molecule has 0 bridgehead atoms. The highest BCUT2D eigenvalue weighted by Crippen LogP contribution is 2.32. The predicted octanol–water partition coefficient (Wildman–Crippen LogP) is 4.30. The zero-order valence-electron chi connectivity index (χ0n) is 13.1. The fraction of sp³-hybridized carbons (Fsp3) is 0.333. The third-order valence-corrected chi connectivity index (χ3v) is 4.44. The van der Waals surface area contributed by atoms with Crippen LogP contribution in [0.5, 0.6) is 0 Å². The number of aliphatic imine (C=N–C) groups is 1. The second-order valence-corrected chi connectivity index (χ2v) is 6.83. The van der Waals surface area contributed by atoms with Crippen LogP contribution in [0.3, 0.4) is 0 Å². The van der Waals surface area contributed by atoms with E-state index in [0.717, 1.165) is 28.0 Å². The van der Waals surface area contributed by atoms with E-state index >= 15 is 0 Å². The van der Waals surface area contributed by atoms with Crippen molar-refractivity contribution in [2.75, 3.05) is 11.4 Å². The summed E-state index contributed by atoms with van der Waals surface area (Å²) in [6.07, 6.45) is 1.82. The Morgan fingerprint density at radius 1 is 1.23 bits per heavy atom. The molecule has 0 fully saturated rings. The highest BCUT2D eigenvalue weighted by molar-refractivity contribution is 9.10. The van der Waals surface area contributed by atoms with Crippen LogP contribution < -0.4 is 4.90 Å². The van der Waals surface area contributed by atoms with Crippen LogP contribution >= 0.6 is 15.9 Å². The molecule has 0 aliphatic carbocycles. The first-order valence-corrected chi connectivity index (χ1v) is 8.41. The third kappa shape index (κ3) is 2.80. The van der Waals surface area contributed by atoms with Crippen LogP contribution in [-0.2, 0) is 0 Å². The van der Waals surface area contributed by atoms with Gasteiger partial charge in [0.15, 0.2) is 0 Å². The summed E-state index contributed by atoms with van der Waals surface area (Å²) in [4.78, 5) is 11.8. The smallest absolute Gasteiger partial charge is 0.0925 e. The lowest BCUT2D eigenvalue weighted by Gasteiger charge is -2.34. The van der Waals surface area contributed by atoms with Crippen molar-refractivity contribution in [3.8, 4) is 0 Å². The molecule has 0 saturated heterocycles. The van der Waals surface area contributed by atoms with Crippen molar-refractivity contribution >= 4 is 27.3 Å². The number of aromatic nitrogens is 1. The lowest BCUT2D eigenvalue weighted by atomic mass is 10.0. The largest absolute Gasteiger partial charge is 0.364 e. The molecule has 4 heteroatoms. The fourth-order valence-corrected chi connectivity index (χ4v) is 3.43. The van der Waals surface area contributed by atoms with E-state index < -0.39 is 0 Å². The zero-order valence-corrected chi connectivity index (χ0v) is 14.7. The van der Waals surface area contributed by atoms with Crippen molar-refractivity contribution in [1.82, 2.24) is 4.98 Å². The molecule has 1 aliphatic heterocycles. The lowest BCUT2D eigenvalue weighted by Crippen LogP contribution is -2.40. The van der Waals surface area contributed by atoms with Crippen LogP contribution in [0.25, 0.3) is 0 Å². The maximum Gasteiger partial charge on any atom is 0.0925 e. The van der Waals surface area contributed by atoms with Crippen LogP contribution in [0.2, 0.25) is 0 Å². The molecule has 1 aliphatic rings. The number of pyridine rings is 1. The Balaban J connectivity index is 2.21. The monoisotopic (exact) mass is 357 g/mol. The Morgan fingerprint density at radius 2 is 2.05 bits per heavy atom. The van der Waals surface area contributed by atoms with Gasteiger partial charge in [-0.05, 0) is 51.1 Å². The number of hydrogen-bond donors (Lipinski definition) is 0. The first-order chi connectivity index (χ1) is 10.6. The minimum atomic E-state index is 0.362. The summed E-state index contributed by atoms with van der Waals surface area (Å²) in [5, 5.41) is 0. The first-order valence-electron chi connectivity index (χ1n) is 7.62. The van der Waals surface area contributed by atoms with Crippen molar-refractivity contribution < 1.29 is 0 Å². The van der Waals surface area contributed by atoms with Gasteiger partial charge >= 0.3 is 0 Å². The van der Waals surface area contributed by atoms with Gasteiger partial charge in [0.2, 0.25) is 0 Å². The molecule has 1 atom stereocenters. The molecule has 0 spiro atoms. The highest BCUT2D eigenvalue weighted by atomic mass is 79.9. The fourth-order valence-electron chi connectivity index (χ4n) is 3.07. The summed E-state index contributed by atoms with van der Waals surface area (Å²) in [6, 6.07) is 13.2. The molecule has 0 radical (unpaired) electrons. The average molecular weight is 358 g/mol. The van der Waals surface area contributed by atoms with Crippen LogP contribution in [0.4, 0.5) is 5.69 Å². The highest BCUT2D eigenvalue weighted by Gasteiger charge is 2.26. The second kappa shape index (κ2) is 6.21. The SMILES string of the molecule is CC(C)N1c2ccc(Br)cc2C(c2ccccn2)=NCC1C. The number of halogens is 1. The standard InChI is InChI=1S/C18H20BrN3/c1-12(2)22-13(3)11-21-18(16-6-4-5-9-20-16)15-10-14(19)7-8-17(15)22/h4-10,12-13H,11H2,1-3H3. The molecule has 1 aromatic carbocycles. The van der Waals surface area contributed by atoms with Crippen molar-refractivity contribution in [1.29, 1.82) is 0 Å². The van der Waals surface area contributed by atoms with E-state index in [9.17, 15) is 0 Å². The zero-order chi connectivity index (χ0) is 15.7. The normalized spacial score (nSPS) is 18.0. The van der Waals surface area contributed by atoms with Gasteiger partial charge in [-0.3, -0.25) is 9.98 Å². The van der Waals surface area contributed by atoms with Gasteiger partial charge in [-0.1, -0.05) is 22.0 Å².